The van der Waals surface area contributed by atoms with E-state index in [9.17, 15) is 13.2 Å². The summed E-state index contributed by atoms with van der Waals surface area (Å²) in [5.74, 6) is 0.871. The molecule has 0 aromatic heterocycles. The zero-order valence-electron chi connectivity index (χ0n) is 13.4. The van der Waals surface area contributed by atoms with Gasteiger partial charge in [-0.15, -0.1) is 0 Å². The fourth-order valence-corrected chi connectivity index (χ4v) is 4.08. The minimum Gasteiger partial charge on any atom is -0.490 e. The molecule has 3 rings (SSSR count). The van der Waals surface area contributed by atoms with Crippen LogP contribution in [0.5, 0.6) is 5.75 Å². The lowest BCUT2D eigenvalue weighted by Gasteiger charge is -2.32. The van der Waals surface area contributed by atoms with Gasteiger partial charge in [0.1, 0.15) is 11.9 Å². The topological polar surface area (TPSA) is 75.7 Å². The summed E-state index contributed by atoms with van der Waals surface area (Å²) < 4.78 is 30.8. The van der Waals surface area contributed by atoms with Crippen LogP contribution in [-0.2, 0) is 16.4 Å². The van der Waals surface area contributed by atoms with Crippen molar-refractivity contribution in [1.29, 1.82) is 0 Å². The van der Waals surface area contributed by atoms with Crippen LogP contribution in [-0.4, -0.2) is 50.7 Å². The standard InChI is InChI=1S/C16H22N2O4S/c1-11-9-13-10-12(3-4-15(13)22-11)16(19)18-7-5-14(6-8-18)17-23(2,20)21/h3-4,10-11,14,17H,5-9H2,1-2H3/t11-/m0/s1. The van der Waals surface area contributed by atoms with Crippen LogP contribution in [0.2, 0.25) is 0 Å². The van der Waals surface area contributed by atoms with Crippen LogP contribution in [0.4, 0.5) is 0 Å². The van der Waals surface area contributed by atoms with Gasteiger partial charge in [0, 0.05) is 31.1 Å². The third-order valence-electron chi connectivity index (χ3n) is 4.31. The minimum absolute atomic E-state index is 0.00478. The number of likely N-dealkylation sites (tertiary alicyclic amines) is 1. The lowest BCUT2D eigenvalue weighted by atomic mass is 10.0. The van der Waals surface area contributed by atoms with Gasteiger partial charge in [-0.1, -0.05) is 0 Å². The molecule has 1 atom stereocenters. The molecule has 7 heteroatoms. The normalized spacial score (nSPS) is 21.8. The molecule has 1 N–H and O–H groups in total. The molecular formula is C16H22N2O4S. The van der Waals surface area contributed by atoms with Crippen molar-refractivity contribution >= 4 is 15.9 Å². The van der Waals surface area contributed by atoms with Crippen LogP contribution in [0.15, 0.2) is 18.2 Å². The summed E-state index contributed by atoms with van der Waals surface area (Å²) in [6.07, 6.45) is 3.44. The number of piperidine rings is 1. The first-order chi connectivity index (χ1) is 10.8. The molecule has 2 aliphatic heterocycles. The number of ether oxygens (including phenoxy) is 1. The van der Waals surface area contributed by atoms with Crippen molar-refractivity contribution in [2.24, 2.45) is 0 Å². The van der Waals surface area contributed by atoms with Crippen LogP contribution in [0.25, 0.3) is 0 Å². The molecule has 1 fully saturated rings. The molecule has 6 nitrogen and oxygen atoms in total. The number of hydrogen-bond acceptors (Lipinski definition) is 4. The average Bonchev–Trinajstić information content (AvgIpc) is 2.84. The van der Waals surface area contributed by atoms with E-state index in [1.807, 2.05) is 19.1 Å². The van der Waals surface area contributed by atoms with E-state index in [1.165, 1.54) is 0 Å². The highest BCUT2D eigenvalue weighted by molar-refractivity contribution is 7.88. The molecule has 1 aromatic rings. The zero-order chi connectivity index (χ0) is 16.6. The quantitative estimate of drug-likeness (QED) is 0.897. The second kappa shape index (κ2) is 6.13. The second-order valence-corrected chi connectivity index (χ2v) is 8.19. The fourth-order valence-electron chi connectivity index (χ4n) is 3.24. The molecule has 0 radical (unpaired) electrons. The molecule has 1 amide bonds. The summed E-state index contributed by atoms with van der Waals surface area (Å²) in [6.45, 7) is 3.15. The van der Waals surface area contributed by atoms with Crippen molar-refractivity contribution in [3.05, 3.63) is 29.3 Å². The molecule has 2 aliphatic rings. The third-order valence-corrected chi connectivity index (χ3v) is 5.07. The molecule has 0 bridgehead atoms. The number of nitrogens with zero attached hydrogens (tertiary/aromatic N) is 1. The maximum Gasteiger partial charge on any atom is 0.253 e. The molecular weight excluding hydrogens is 316 g/mol. The number of benzene rings is 1. The Morgan fingerprint density at radius 1 is 1.30 bits per heavy atom. The molecule has 23 heavy (non-hydrogen) atoms. The first kappa shape index (κ1) is 16.3. The number of amides is 1. The predicted molar refractivity (Wildman–Crippen MR) is 87.1 cm³/mol. The summed E-state index contributed by atoms with van der Waals surface area (Å²) in [5.41, 5.74) is 1.76. The van der Waals surface area contributed by atoms with Crippen LogP contribution in [0, 0.1) is 0 Å². The van der Waals surface area contributed by atoms with Gasteiger partial charge < -0.3 is 9.64 Å². The predicted octanol–water partition coefficient (Wildman–Crippen LogP) is 1.16. The highest BCUT2D eigenvalue weighted by Gasteiger charge is 2.26. The zero-order valence-corrected chi connectivity index (χ0v) is 14.2. The molecule has 1 aromatic carbocycles. The molecule has 0 spiro atoms. The van der Waals surface area contributed by atoms with Crippen LogP contribution in [0.1, 0.15) is 35.7 Å². The van der Waals surface area contributed by atoms with Gasteiger partial charge in [0.25, 0.3) is 5.91 Å². The number of carbonyl (C=O) groups excluding carboxylic acids is 1. The number of rotatable bonds is 3. The Bertz CT molecular complexity index is 709. The van der Waals surface area contributed by atoms with Crippen molar-refractivity contribution in [3.8, 4) is 5.75 Å². The highest BCUT2D eigenvalue weighted by atomic mass is 32.2. The first-order valence-electron chi connectivity index (χ1n) is 7.88. The van der Waals surface area contributed by atoms with E-state index in [1.54, 1.807) is 11.0 Å². The fraction of sp³-hybridized carbons (Fsp3) is 0.562. The Balaban J connectivity index is 1.63. The average molecular weight is 338 g/mol. The molecule has 0 aliphatic carbocycles. The first-order valence-corrected chi connectivity index (χ1v) is 9.77. The lowest BCUT2D eigenvalue weighted by molar-refractivity contribution is 0.0711. The molecule has 2 heterocycles. The van der Waals surface area contributed by atoms with E-state index < -0.39 is 10.0 Å². The van der Waals surface area contributed by atoms with Gasteiger partial charge in [-0.25, -0.2) is 13.1 Å². The van der Waals surface area contributed by atoms with Gasteiger partial charge >= 0.3 is 0 Å². The van der Waals surface area contributed by atoms with Crippen molar-refractivity contribution < 1.29 is 17.9 Å². The number of fused-ring (bicyclic) bond motifs is 1. The van der Waals surface area contributed by atoms with E-state index in [-0.39, 0.29) is 18.1 Å². The van der Waals surface area contributed by atoms with Crippen molar-refractivity contribution in [2.75, 3.05) is 19.3 Å². The van der Waals surface area contributed by atoms with Crippen LogP contribution in [0.3, 0.4) is 0 Å². The van der Waals surface area contributed by atoms with Gasteiger partial charge in [-0.05, 0) is 43.5 Å². The van der Waals surface area contributed by atoms with Crippen molar-refractivity contribution in [2.45, 2.75) is 38.3 Å². The van der Waals surface area contributed by atoms with Gasteiger partial charge in [0.15, 0.2) is 0 Å². The largest absolute Gasteiger partial charge is 0.490 e. The van der Waals surface area contributed by atoms with Gasteiger partial charge in [-0.3, -0.25) is 4.79 Å². The summed E-state index contributed by atoms with van der Waals surface area (Å²) in [5, 5.41) is 0. The van der Waals surface area contributed by atoms with Crippen LogP contribution < -0.4 is 9.46 Å². The third kappa shape index (κ3) is 3.84. The summed E-state index contributed by atoms with van der Waals surface area (Å²) >= 11 is 0. The van der Waals surface area contributed by atoms with Gasteiger partial charge in [0.05, 0.1) is 6.26 Å². The second-order valence-electron chi connectivity index (χ2n) is 6.41. The summed E-state index contributed by atoms with van der Waals surface area (Å²) in [7, 11) is -3.19. The molecule has 0 unspecified atom stereocenters. The van der Waals surface area contributed by atoms with E-state index in [0.29, 0.717) is 31.5 Å². The van der Waals surface area contributed by atoms with E-state index >= 15 is 0 Å². The minimum atomic E-state index is -3.19. The summed E-state index contributed by atoms with van der Waals surface area (Å²) in [6, 6.07) is 5.51. The lowest BCUT2D eigenvalue weighted by Crippen LogP contribution is -2.46. The Kier molecular flexibility index (Phi) is 4.33. The number of sulfonamides is 1. The Morgan fingerprint density at radius 3 is 2.65 bits per heavy atom. The maximum absolute atomic E-state index is 12.6. The Labute approximate surface area is 136 Å². The monoisotopic (exact) mass is 338 g/mol. The smallest absolute Gasteiger partial charge is 0.253 e. The van der Waals surface area contributed by atoms with Crippen molar-refractivity contribution in [3.63, 3.8) is 0 Å². The highest BCUT2D eigenvalue weighted by Crippen LogP contribution is 2.30. The van der Waals surface area contributed by atoms with Gasteiger partial charge in [-0.2, -0.15) is 0 Å². The van der Waals surface area contributed by atoms with E-state index in [0.717, 1.165) is 24.0 Å². The van der Waals surface area contributed by atoms with E-state index in [4.69, 9.17) is 4.74 Å². The molecule has 126 valence electrons. The number of carbonyl (C=O) groups is 1. The number of nitrogens with one attached hydrogen (secondary N) is 1. The van der Waals surface area contributed by atoms with Crippen LogP contribution >= 0.6 is 0 Å². The SMILES string of the molecule is C[C@H]1Cc2cc(C(=O)N3CCC(NS(C)(=O)=O)CC3)ccc2O1. The van der Waals surface area contributed by atoms with Gasteiger partial charge in [0.2, 0.25) is 10.0 Å². The summed E-state index contributed by atoms with van der Waals surface area (Å²) in [4.78, 5) is 14.4. The Morgan fingerprint density at radius 2 is 2.00 bits per heavy atom. The number of hydrogen-bond donors (Lipinski definition) is 1. The van der Waals surface area contributed by atoms with E-state index in [2.05, 4.69) is 4.72 Å². The maximum atomic E-state index is 12.6. The molecule has 0 saturated carbocycles. The molecule has 1 saturated heterocycles. The van der Waals surface area contributed by atoms with Crippen molar-refractivity contribution in [1.82, 2.24) is 9.62 Å². The Hall–Kier alpha value is -1.60.